The van der Waals surface area contributed by atoms with E-state index in [2.05, 4.69) is 16.9 Å². The van der Waals surface area contributed by atoms with Gasteiger partial charge in [-0.3, -0.25) is 0 Å². The van der Waals surface area contributed by atoms with Crippen LogP contribution in [0.15, 0.2) is 17.6 Å². The molecule has 6 nitrogen and oxygen atoms in total. The van der Waals surface area contributed by atoms with Crippen LogP contribution < -0.4 is 0 Å². The fraction of sp³-hybridized carbons (Fsp3) is 0.769. The summed E-state index contributed by atoms with van der Waals surface area (Å²) in [5.74, 6) is 0. The topological polar surface area (TPSA) is 58.4 Å². The Bertz CT molecular complexity index is 597. The fourth-order valence-electron chi connectivity index (χ4n) is 3.54. The summed E-state index contributed by atoms with van der Waals surface area (Å²) in [5, 5.41) is 0.168. The van der Waals surface area contributed by atoms with E-state index in [1.807, 2.05) is 0 Å². The van der Waals surface area contributed by atoms with E-state index >= 15 is 0 Å². The van der Waals surface area contributed by atoms with Crippen LogP contribution in [0.5, 0.6) is 0 Å². The lowest BCUT2D eigenvalue weighted by atomic mass is 9.79. The SMILES string of the molecule is CN1CCC[C@]2(CCN(S(=O)(=O)c3cn(C)cn3)C2)C1. The number of nitrogens with zero attached hydrogens (tertiary/aromatic N) is 4. The number of hydrogen-bond acceptors (Lipinski definition) is 4. The summed E-state index contributed by atoms with van der Waals surface area (Å²) in [6.07, 6.45) is 6.36. The van der Waals surface area contributed by atoms with Crippen LogP contribution in [0.1, 0.15) is 19.3 Å². The standard InChI is InChI=1S/C13H22N4O2S/c1-15-6-3-4-13(9-15)5-7-17(10-13)20(18,19)12-8-16(2)11-14-12/h8,11H,3-7,9-10H2,1-2H3/t13-/m0/s1. The van der Waals surface area contributed by atoms with Gasteiger partial charge in [0.2, 0.25) is 0 Å². The zero-order valence-electron chi connectivity index (χ0n) is 12.1. The third-order valence-corrected chi connectivity index (χ3v) is 6.27. The van der Waals surface area contributed by atoms with E-state index in [1.165, 1.54) is 6.33 Å². The molecule has 0 aromatic carbocycles. The fourth-order valence-corrected chi connectivity index (χ4v) is 5.06. The van der Waals surface area contributed by atoms with Crippen LogP contribution in [0.2, 0.25) is 0 Å². The van der Waals surface area contributed by atoms with Crippen molar-refractivity contribution in [3.63, 3.8) is 0 Å². The molecule has 0 amide bonds. The minimum absolute atomic E-state index is 0.148. The molecule has 0 radical (unpaired) electrons. The first-order valence-corrected chi connectivity index (χ1v) is 8.52. The van der Waals surface area contributed by atoms with Gasteiger partial charge in [-0.1, -0.05) is 0 Å². The number of piperidine rings is 1. The van der Waals surface area contributed by atoms with Crippen molar-refractivity contribution in [3.05, 3.63) is 12.5 Å². The van der Waals surface area contributed by atoms with Gasteiger partial charge < -0.3 is 9.47 Å². The van der Waals surface area contributed by atoms with E-state index in [4.69, 9.17) is 0 Å². The van der Waals surface area contributed by atoms with Crippen molar-refractivity contribution < 1.29 is 8.42 Å². The van der Waals surface area contributed by atoms with Gasteiger partial charge >= 0.3 is 0 Å². The molecule has 0 bridgehead atoms. The van der Waals surface area contributed by atoms with Gasteiger partial charge in [-0.2, -0.15) is 4.31 Å². The quantitative estimate of drug-likeness (QED) is 0.799. The lowest BCUT2D eigenvalue weighted by molar-refractivity contribution is 0.121. The lowest BCUT2D eigenvalue weighted by Crippen LogP contribution is -2.43. The zero-order chi connectivity index (χ0) is 14.4. The van der Waals surface area contributed by atoms with Crippen molar-refractivity contribution in [2.45, 2.75) is 24.3 Å². The van der Waals surface area contributed by atoms with Gasteiger partial charge in [0.25, 0.3) is 10.0 Å². The number of aromatic nitrogens is 2. The normalized spacial score (nSPS) is 29.3. The monoisotopic (exact) mass is 298 g/mol. The van der Waals surface area contributed by atoms with E-state index in [0.717, 1.165) is 32.4 Å². The molecule has 7 heteroatoms. The molecular formula is C13H22N4O2S. The largest absolute Gasteiger partial charge is 0.339 e. The minimum atomic E-state index is -3.43. The number of sulfonamides is 1. The summed E-state index contributed by atoms with van der Waals surface area (Å²) in [6, 6.07) is 0. The maximum absolute atomic E-state index is 12.6. The van der Waals surface area contributed by atoms with E-state index in [1.54, 1.807) is 22.1 Å². The maximum Gasteiger partial charge on any atom is 0.262 e. The number of aryl methyl sites for hydroxylation is 1. The summed E-state index contributed by atoms with van der Waals surface area (Å²) in [7, 11) is 0.479. The van der Waals surface area contributed by atoms with Gasteiger partial charge in [-0.05, 0) is 38.3 Å². The Morgan fingerprint density at radius 3 is 2.65 bits per heavy atom. The Morgan fingerprint density at radius 2 is 2.00 bits per heavy atom. The molecule has 0 N–H and O–H groups in total. The van der Waals surface area contributed by atoms with Gasteiger partial charge in [-0.25, -0.2) is 13.4 Å². The molecule has 1 atom stereocenters. The first-order chi connectivity index (χ1) is 9.41. The molecule has 0 aliphatic carbocycles. The molecule has 1 aromatic heterocycles. The second-order valence-electron chi connectivity index (χ2n) is 6.31. The zero-order valence-corrected chi connectivity index (χ0v) is 12.9. The van der Waals surface area contributed by atoms with Crippen LogP contribution in [-0.2, 0) is 17.1 Å². The molecular weight excluding hydrogens is 276 g/mol. The Balaban J connectivity index is 1.80. The molecule has 2 saturated heterocycles. The summed E-state index contributed by atoms with van der Waals surface area (Å²) in [4.78, 5) is 6.32. The lowest BCUT2D eigenvalue weighted by Gasteiger charge is -2.38. The molecule has 20 heavy (non-hydrogen) atoms. The summed E-state index contributed by atoms with van der Waals surface area (Å²) in [6.45, 7) is 3.37. The molecule has 1 spiro atoms. The molecule has 2 aliphatic heterocycles. The van der Waals surface area contributed by atoms with Crippen LogP contribution in [-0.4, -0.2) is 60.4 Å². The van der Waals surface area contributed by atoms with E-state index in [0.29, 0.717) is 13.1 Å². The second kappa shape index (κ2) is 4.82. The van der Waals surface area contributed by atoms with Crippen molar-refractivity contribution in [2.75, 3.05) is 33.2 Å². The van der Waals surface area contributed by atoms with Crippen LogP contribution in [0, 0.1) is 5.41 Å². The number of imidazole rings is 1. The van der Waals surface area contributed by atoms with Gasteiger partial charge in [-0.15, -0.1) is 0 Å². The highest BCUT2D eigenvalue weighted by Crippen LogP contribution is 2.40. The van der Waals surface area contributed by atoms with Crippen molar-refractivity contribution in [1.29, 1.82) is 0 Å². The van der Waals surface area contributed by atoms with Gasteiger partial charge in [0.05, 0.1) is 6.33 Å². The third kappa shape index (κ3) is 2.38. The summed E-state index contributed by atoms with van der Waals surface area (Å²) < 4.78 is 28.5. The van der Waals surface area contributed by atoms with Crippen LogP contribution in [0.4, 0.5) is 0 Å². The maximum atomic E-state index is 12.6. The molecule has 2 aliphatic rings. The third-order valence-electron chi connectivity index (χ3n) is 4.54. The molecule has 112 valence electrons. The van der Waals surface area contributed by atoms with Crippen molar-refractivity contribution >= 4 is 10.0 Å². The van der Waals surface area contributed by atoms with Gasteiger partial charge in [0.15, 0.2) is 5.03 Å². The van der Waals surface area contributed by atoms with E-state index < -0.39 is 10.0 Å². The van der Waals surface area contributed by atoms with Crippen molar-refractivity contribution in [1.82, 2.24) is 18.8 Å². The second-order valence-corrected chi connectivity index (χ2v) is 8.19. The average Bonchev–Trinajstić information content (AvgIpc) is 2.97. The van der Waals surface area contributed by atoms with Crippen molar-refractivity contribution in [2.24, 2.45) is 12.5 Å². The van der Waals surface area contributed by atoms with Crippen LogP contribution >= 0.6 is 0 Å². The minimum Gasteiger partial charge on any atom is -0.339 e. The molecule has 1 aromatic rings. The highest BCUT2D eigenvalue weighted by Gasteiger charge is 2.45. The Labute approximate surface area is 120 Å². The Hall–Kier alpha value is -0.920. The highest BCUT2D eigenvalue weighted by molar-refractivity contribution is 7.89. The van der Waals surface area contributed by atoms with E-state index in [-0.39, 0.29) is 10.4 Å². The molecule has 3 heterocycles. The number of likely N-dealkylation sites (tertiary alicyclic amines) is 1. The number of rotatable bonds is 2. The number of hydrogen-bond donors (Lipinski definition) is 0. The molecule has 0 unspecified atom stereocenters. The summed E-state index contributed by atoms with van der Waals surface area (Å²) in [5.41, 5.74) is 0.148. The van der Waals surface area contributed by atoms with Crippen molar-refractivity contribution in [3.8, 4) is 0 Å². The molecule has 3 rings (SSSR count). The Morgan fingerprint density at radius 1 is 1.20 bits per heavy atom. The molecule has 0 saturated carbocycles. The molecule has 2 fully saturated rings. The first-order valence-electron chi connectivity index (χ1n) is 7.08. The average molecular weight is 298 g/mol. The highest BCUT2D eigenvalue weighted by atomic mass is 32.2. The van der Waals surface area contributed by atoms with Crippen LogP contribution in [0.25, 0.3) is 0 Å². The summed E-state index contributed by atoms with van der Waals surface area (Å²) >= 11 is 0. The van der Waals surface area contributed by atoms with Crippen LogP contribution in [0.3, 0.4) is 0 Å². The van der Waals surface area contributed by atoms with Gasteiger partial charge in [0, 0.05) is 32.9 Å². The Kier molecular flexibility index (Phi) is 3.38. The predicted molar refractivity (Wildman–Crippen MR) is 75.7 cm³/mol. The predicted octanol–water partition coefficient (Wildman–Crippen LogP) is 0.527. The smallest absolute Gasteiger partial charge is 0.262 e. The first kappa shape index (κ1) is 14.0. The van der Waals surface area contributed by atoms with Gasteiger partial charge in [0.1, 0.15) is 0 Å². The van der Waals surface area contributed by atoms with E-state index in [9.17, 15) is 8.42 Å².